The molecule has 1 saturated carbocycles. The molecule has 1 aromatic heterocycles. The van der Waals surface area contributed by atoms with Gasteiger partial charge in [-0.15, -0.1) is 0 Å². The fraction of sp³-hybridized carbons (Fsp3) is 0.643. The van der Waals surface area contributed by atoms with Crippen molar-refractivity contribution < 1.29 is 5.11 Å². The summed E-state index contributed by atoms with van der Waals surface area (Å²) in [6.45, 7) is 2.83. The summed E-state index contributed by atoms with van der Waals surface area (Å²) in [5, 5.41) is 12.9. The van der Waals surface area contributed by atoms with E-state index in [0.29, 0.717) is 6.04 Å². The highest BCUT2D eigenvalue weighted by molar-refractivity contribution is 5.41. The molecule has 0 aliphatic heterocycles. The predicted molar refractivity (Wildman–Crippen MR) is 72.9 cm³/mol. The number of aliphatic hydroxyl groups excluding tert-OH is 1. The number of aliphatic hydroxyl groups is 1. The number of pyridine rings is 1. The third-order valence-electron chi connectivity index (χ3n) is 3.52. The third kappa shape index (κ3) is 3.35. The number of hydrogen-bond acceptors (Lipinski definition) is 3. The van der Waals surface area contributed by atoms with Gasteiger partial charge in [-0.1, -0.05) is 6.92 Å². The van der Waals surface area contributed by atoms with Crippen molar-refractivity contribution in [1.29, 1.82) is 0 Å². The van der Waals surface area contributed by atoms with Crippen molar-refractivity contribution in [2.75, 3.05) is 5.32 Å². The molecular formula is C14H22N2O2. The maximum absolute atomic E-state index is 11.6. The average Bonchev–Trinajstić information content (AvgIpc) is 2.37. The van der Waals surface area contributed by atoms with Gasteiger partial charge in [-0.2, -0.15) is 0 Å². The Labute approximate surface area is 108 Å². The lowest BCUT2D eigenvalue weighted by molar-refractivity contribution is 0.126. The topological polar surface area (TPSA) is 54.3 Å². The molecule has 100 valence electrons. The number of nitrogens with one attached hydrogen (secondary N) is 1. The van der Waals surface area contributed by atoms with Crippen LogP contribution in [0, 0.1) is 0 Å². The van der Waals surface area contributed by atoms with Gasteiger partial charge in [-0.25, -0.2) is 0 Å². The molecule has 0 spiro atoms. The van der Waals surface area contributed by atoms with Crippen molar-refractivity contribution in [2.45, 2.75) is 57.7 Å². The van der Waals surface area contributed by atoms with Gasteiger partial charge in [0.2, 0.25) is 0 Å². The van der Waals surface area contributed by atoms with E-state index in [4.69, 9.17) is 0 Å². The van der Waals surface area contributed by atoms with E-state index in [9.17, 15) is 9.90 Å². The molecule has 4 nitrogen and oxygen atoms in total. The fourth-order valence-corrected chi connectivity index (χ4v) is 2.49. The summed E-state index contributed by atoms with van der Waals surface area (Å²) in [4.78, 5) is 11.6. The molecule has 1 aliphatic carbocycles. The van der Waals surface area contributed by atoms with E-state index in [1.807, 2.05) is 12.3 Å². The minimum Gasteiger partial charge on any atom is -0.393 e. The molecule has 0 radical (unpaired) electrons. The Kier molecular flexibility index (Phi) is 4.42. The van der Waals surface area contributed by atoms with Gasteiger partial charge in [0.05, 0.1) is 11.8 Å². The van der Waals surface area contributed by atoms with Gasteiger partial charge in [0.25, 0.3) is 5.56 Å². The van der Waals surface area contributed by atoms with Gasteiger partial charge in [-0.3, -0.25) is 4.79 Å². The summed E-state index contributed by atoms with van der Waals surface area (Å²) in [5.74, 6) is 0. The average molecular weight is 250 g/mol. The van der Waals surface area contributed by atoms with Crippen LogP contribution in [0.25, 0.3) is 0 Å². The van der Waals surface area contributed by atoms with Gasteiger partial charge < -0.3 is 15.0 Å². The quantitative estimate of drug-likeness (QED) is 0.859. The molecule has 0 saturated heterocycles. The minimum absolute atomic E-state index is 0.0569. The number of aromatic nitrogens is 1. The summed E-state index contributed by atoms with van der Waals surface area (Å²) >= 11 is 0. The van der Waals surface area contributed by atoms with E-state index in [2.05, 4.69) is 12.2 Å². The van der Waals surface area contributed by atoms with Crippen molar-refractivity contribution >= 4 is 5.69 Å². The zero-order valence-electron chi connectivity index (χ0n) is 10.9. The summed E-state index contributed by atoms with van der Waals surface area (Å²) in [5.41, 5.74) is 1.06. The van der Waals surface area contributed by atoms with Crippen LogP contribution >= 0.6 is 0 Å². The smallest absolute Gasteiger partial charge is 0.250 e. The first kappa shape index (κ1) is 13.1. The summed E-state index contributed by atoms with van der Waals surface area (Å²) in [7, 11) is 0. The second-order valence-corrected chi connectivity index (χ2v) is 5.10. The Morgan fingerprint density at radius 1 is 1.33 bits per heavy atom. The van der Waals surface area contributed by atoms with E-state index >= 15 is 0 Å². The maximum Gasteiger partial charge on any atom is 0.250 e. The van der Waals surface area contributed by atoms with Crippen molar-refractivity contribution in [3.8, 4) is 0 Å². The van der Waals surface area contributed by atoms with Crippen LogP contribution in [0.1, 0.15) is 39.0 Å². The Morgan fingerprint density at radius 3 is 2.72 bits per heavy atom. The number of anilines is 1. The first-order chi connectivity index (χ1) is 8.69. The Bertz CT molecular complexity index is 434. The number of nitrogens with zero attached hydrogens (tertiary/aromatic N) is 1. The van der Waals surface area contributed by atoms with Crippen LogP contribution < -0.4 is 10.9 Å². The Balaban J connectivity index is 2.01. The third-order valence-corrected chi connectivity index (χ3v) is 3.52. The molecule has 0 bridgehead atoms. The number of aryl methyl sites for hydroxylation is 1. The molecule has 0 atom stereocenters. The largest absolute Gasteiger partial charge is 0.393 e. The first-order valence-electron chi connectivity index (χ1n) is 6.84. The molecule has 1 aromatic rings. The molecule has 1 heterocycles. The van der Waals surface area contributed by atoms with Gasteiger partial charge in [0.1, 0.15) is 0 Å². The monoisotopic (exact) mass is 250 g/mol. The molecule has 0 aromatic carbocycles. The van der Waals surface area contributed by atoms with Crippen molar-refractivity contribution in [1.82, 2.24) is 4.57 Å². The van der Waals surface area contributed by atoms with Crippen LogP contribution in [0.5, 0.6) is 0 Å². The van der Waals surface area contributed by atoms with Crippen LogP contribution in [0.15, 0.2) is 23.1 Å². The number of hydrogen-bond donors (Lipinski definition) is 2. The van der Waals surface area contributed by atoms with E-state index < -0.39 is 0 Å². The molecule has 2 rings (SSSR count). The normalized spacial score (nSPS) is 23.9. The zero-order valence-corrected chi connectivity index (χ0v) is 10.9. The highest BCUT2D eigenvalue weighted by Crippen LogP contribution is 2.21. The molecule has 1 fully saturated rings. The van der Waals surface area contributed by atoms with Crippen LogP contribution in [0.4, 0.5) is 5.69 Å². The van der Waals surface area contributed by atoms with Crippen molar-refractivity contribution in [3.63, 3.8) is 0 Å². The first-order valence-corrected chi connectivity index (χ1v) is 6.84. The van der Waals surface area contributed by atoms with Gasteiger partial charge >= 0.3 is 0 Å². The van der Waals surface area contributed by atoms with Crippen LogP contribution in [0.2, 0.25) is 0 Å². The maximum atomic E-state index is 11.6. The van der Waals surface area contributed by atoms with Crippen molar-refractivity contribution in [2.24, 2.45) is 0 Å². The molecule has 18 heavy (non-hydrogen) atoms. The second kappa shape index (κ2) is 6.05. The zero-order chi connectivity index (χ0) is 13.0. The molecule has 2 N–H and O–H groups in total. The molecule has 0 amide bonds. The van der Waals surface area contributed by atoms with Gasteiger partial charge in [-0.05, 0) is 38.2 Å². The van der Waals surface area contributed by atoms with Crippen LogP contribution in [-0.4, -0.2) is 21.8 Å². The van der Waals surface area contributed by atoms with E-state index in [1.165, 1.54) is 0 Å². The Morgan fingerprint density at radius 2 is 2.06 bits per heavy atom. The molecule has 0 unspecified atom stereocenters. The predicted octanol–water partition coefficient (Wildman–Crippen LogP) is 1.97. The molecule has 1 aliphatic rings. The summed E-state index contributed by atoms with van der Waals surface area (Å²) in [6, 6.07) is 3.89. The lowest BCUT2D eigenvalue weighted by Crippen LogP contribution is -2.29. The fourth-order valence-electron chi connectivity index (χ4n) is 2.49. The van der Waals surface area contributed by atoms with E-state index in [0.717, 1.165) is 44.3 Å². The van der Waals surface area contributed by atoms with Crippen molar-refractivity contribution in [3.05, 3.63) is 28.7 Å². The number of rotatable bonds is 4. The minimum atomic E-state index is -0.128. The SMILES string of the molecule is CCCn1cc(NC2CCC(O)CC2)ccc1=O. The standard InChI is InChI=1S/C14H22N2O2/c1-2-9-16-10-12(5-8-14(16)18)15-11-3-6-13(17)7-4-11/h5,8,10-11,13,15,17H,2-4,6-7,9H2,1H3. The Hall–Kier alpha value is -1.29. The highest BCUT2D eigenvalue weighted by Gasteiger charge is 2.19. The lowest BCUT2D eigenvalue weighted by Gasteiger charge is -2.27. The van der Waals surface area contributed by atoms with Crippen LogP contribution in [0.3, 0.4) is 0 Å². The molecule has 4 heteroatoms. The molecular weight excluding hydrogens is 228 g/mol. The summed E-state index contributed by atoms with van der Waals surface area (Å²) in [6.07, 6.45) is 6.45. The van der Waals surface area contributed by atoms with Crippen LogP contribution in [-0.2, 0) is 6.54 Å². The van der Waals surface area contributed by atoms with Gasteiger partial charge in [0, 0.05) is 24.8 Å². The van der Waals surface area contributed by atoms with E-state index in [-0.39, 0.29) is 11.7 Å². The van der Waals surface area contributed by atoms with E-state index in [1.54, 1.807) is 10.6 Å². The summed E-state index contributed by atoms with van der Waals surface area (Å²) < 4.78 is 1.75. The second-order valence-electron chi connectivity index (χ2n) is 5.10. The van der Waals surface area contributed by atoms with Gasteiger partial charge in [0.15, 0.2) is 0 Å². The lowest BCUT2D eigenvalue weighted by atomic mass is 9.93. The highest BCUT2D eigenvalue weighted by atomic mass is 16.3.